The normalized spacial score (nSPS) is 12.1. The molecule has 4 nitrogen and oxygen atoms in total. The Balaban J connectivity index is 2.63. The fourth-order valence-electron chi connectivity index (χ4n) is 1.80. The zero-order valence-corrected chi connectivity index (χ0v) is 11.2. The number of alkyl halides is 3. The lowest BCUT2D eigenvalue weighted by Crippen LogP contribution is -2.18. The van der Waals surface area contributed by atoms with E-state index in [0.29, 0.717) is 0 Å². The third-order valence-electron chi connectivity index (χ3n) is 2.52. The Morgan fingerprint density at radius 2 is 1.90 bits per heavy atom. The van der Waals surface area contributed by atoms with Gasteiger partial charge in [-0.05, 0) is 12.1 Å². The average Bonchev–Trinajstić information content (AvgIpc) is 2.55. The fraction of sp³-hybridized carbons (Fsp3) is 0.273. The van der Waals surface area contributed by atoms with Crippen LogP contribution in [0, 0.1) is 0 Å². The number of carbonyl (C=O) groups is 1. The maximum atomic E-state index is 12.5. The van der Waals surface area contributed by atoms with Gasteiger partial charge in [-0.3, -0.25) is 4.79 Å². The highest BCUT2D eigenvalue weighted by atomic mass is 35.5. The molecular formula is C11H7Cl2F3N2O2. The molecule has 0 radical (unpaired) electrons. The molecule has 0 bridgehead atoms. The van der Waals surface area contributed by atoms with Crippen molar-refractivity contribution in [2.75, 3.05) is 0 Å². The molecule has 0 saturated heterocycles. The molecule has 1 heterocycles. The lowest BCUT2D eigenvalue weighted by molar-refractivity contribution is -0.138. The minimum absolute atomic E-state index is 0.115. The van der Waals surface area contributed by atoms with Crippen LogP contribution in [0.1, 0.15) is 5.82 Å². The number of halogens is 5. The van der Waals surface area contributed by atoms with Gasteiger partial charge in [0.1, 0.15) is 18.8 Å². The number of carboxylic acid groups (broad SMARTS) is 1. The Labute approximate surface area is 120 Å². The molecule has 0 saturated carbocycles. The maximum Gasteiger partial charge on any atom is 0.396 e. The summed E-state index contributed by atoms with van der Waals surface area (Å²) in [6.45, 7) is -0.639. The second-order valence-electron chi connectivity index (χ2n) is 4.05. The van der Waals surface area contributed by atoms with Crippen molar-refractivity contribution in [1.82, 2.24) is 9.55 Å². The van der Waals surface area contributed by atoms with Crippen LogP contribution in [0.15, 0.2) is 12.1 Å². The van der Waals surface area contributed by atoms with Crippen molar-refractivity contribution in [3.8, 4) is 0 Å². The minimum Gasteiger partial charge on any atom is -0.480 e. The topological polar surface area (TPSA) is 55.1 Å². The first-order valence-electron chi connectivity index (χ1n) is 5.30. The first-order chi connectivity index (χ1) is 9.17. The third-order valence-corrected chi connectivity index (χ3v) is 3.24. The Hall–Kier alpha value is -1.47. The van der Waals surface area contributed by atoms with Crippen LogP contribution in [0.2, 0.25) is 10.0 Å². The van der Waals surface area contributed by atoms with Crippen molar-refractivity contribution in [1.29, 1.82) is 0 Å². The van der Waals surface area contributed by atoms with Gasteiger partial charge in [0.2, 0.25) is 0 Å². The van der Waals surface area contributed by atoms with Gasteiger partial charge in [-0.1, -0.05) is 23.2 Å². The largest absolute Gasteiger partial charge is 0.480 e. The summed E-state index contributed by atoms with van der Waals surface area (Å²) in [4.78, 5) is 14.6. The van der Waals surface area contributed by atoms with E-state index in [2.05, 4.69) is 4.98 Å². The number of imidazole rings is 1. The van der Waals surface area contributed by atoms with Gasteiger partial charge in [-0.2, -0.15) is 13.2 Å². The van der Waals surface area contributed by atoms with Gasteiger partial charge in [0.05, 0.1) is 21.1 Å². The number of nitrogens with zero attached hydrogens (tertiary/aromatic N) is 2. The van der Waals surface area contributed by atoms with Crippen LogP contribution in [-0.4, -0.2) is 26.8 Å². The number of hydrogen-bond acceptors (Lipinski definition) is 2. The zero-order chi connectivity index (χ0) is 15.1. The number of rotatable bonds is 3. The smallest absolute Gasteiger partial charge is 0.396 e. The van der Waals surface area contributed by atoms with Crippen molar-refractivity contribution in [3.63, 3.8) is 0 Å². The maximum absolute atomic E-state index is 12.5. The molecule has 2 aromatic rings. The van der Waals surface area contributed by atoms with E-state index >= 15 is 0 Å². The summed E-state index contributed by atoms with van der Waals surface area (Å²) in [6.07, 6.45) is -5.82. The second-order valence-corrected chi connectivity index (χ2v) is 4.87. The summed E-state index contributed by atoms with van der Waals surface area (Å²) in [6, 6.07) is 2.60. The van der Waals surface area contributed by atoms with Crippen molar-refractivity contribution in [3.05, 3.63) is 28.0 Å². The second kappa shape index (κ2) is 5.14. The molecule has 0 fully saturated rings. The minimum atomic E-state index is -4.49. The Kier molecular flexibility index (Phi) is 3.84. The predicted molar refractivity (Wildman–Crippen MR) is 67.1 cm³/mol. The SMILES string of the molecule is O=C(O)Cn1c(CC(F)(F)F)nc2cc(Cl)c(Cl)cc21. The molecule has 0 aliphatic rings. The molecule has 20 heavy (non-hydrogen) atoms. The van der Waals surface area contributed by atoms with Crippen LogP contribution in [0.5, 0.6) is 0 Å². The molecule has 108 valence electrons. The van der Waals surface area contributed by atoms with Gasteiger partial charge in [0.25, 0.3) is 0 Å². The van der Waals surface area contributed by atoms with E-state index in [1.54, 1.807) is 0 Å². The van der Waals surface area contributed by atoms with E-state index < -0.39 is 30.9 Å². The summed E-state index contributed by atoms with van der Waals surface area (Å²) in [5.74, 6) is -1.67. The van der Waals surface area contributed by atoms with Crippen molar-refractivity contribution >= 4 is 40.2 Å². The molecule has 1 aromatic heterocycles. The molecule has 0 spiro atoms. The monoisotopic (exact) mass is 326 g/mol. The summed E-state index contributed by atoms with van der Waals surface area (Å²) < 4.78 is 38.4. The molecule has 1 N–H and O–H groups in total. The summed E-state index contributed by atoms with van der Waals surface area (Å²) >= 11 is 11.6. The Bertz CT molecular complexity index is 682. The zero-order valence-electron chi connectivity index (χ0n) is 9.71. The molecule has 0 aliphatic heterocycles. The van der Waals surface area contributed by atoms with Gasteiger partial charge in [-0.25, -0.2) is 4.98 Å². The van der Waals surface area contributed by atoms with Crippen molar-refractivity contribution in [2.45, 2.75) is 19.1 Å². The van der Waals surface area contributed by atoms with Crippen molar-refractivity contribution < 1.29 is 23.1 Å². The molecule has 2 rings (SSSR count). The summed E-state index contributed by atoms with van der Waals surface area (Å²) in [5, 5.41) is 9.05. The Morgan fingerprint density at radius 1 is 1.30 bits per heavy atom. The van der Waals surface area contributed by atoms with Crippen LogP contribution in [-0.2, 0) is 17.8 Å². The van der Waals surface area contributed by atoms with Crippen LogP contribution in [0.4, 0.5) is 13.2 Å². The van der Waals surface area contributed by atoms with Crippen LogP contribution in [0.25, 0.3) is 11.0 Å². The van der Waals surface area contributed by atoms with Gasteiger partial charge >= 0.3 is 12.1 Å². The quantitative estimate of drug-likeness (QED) is 0.938. The van der Waals surface area contributed by atoms with Gasteiger partial charge < -0.3 is 9.67 Å². The molecule has 9 heteroatoms. The van der Waals surface area contributed by atoms with Gasteiger partial charge in [0, 0.05) is 0 Å². The Morgan fingerprint density at radius 3 is 2.45 bits per heavy atom. The lowest BCUT2D eigenvalue weighted by Gasteiger charge is -2.08. The van der Waals surface area contributed by atoms with Gasteiger partial charge in [-0.15, -0.1) is 0 Å². The van der Waals surface area contributed by atoms with Crippen molar-refractivity contribution in [2.24, 2.45) is 0 Å². The van der Waals surface area contributed by atoms with E-state index in [1.807, 2.05) is 0 Å². The third kappa shape index (κ3) is 3.16. The molecule has 1 aromatic carbocycles. The molecular weight excluding hydrogens is 320 g/mol. The number of aliphatic carboxylic acids is 1. The van der Waals surface area contributed by atoms with Gasteiger partial charge in [0.15, 0.2) is 0 Å². The number of fused-ring (bicyclic) bond motifs is 1. The molecule has 0 aliphatic carbocycles. The van der Waals surface area contributed by atoms with E-state index in [9.17, 15) is 18.0 Å². The van der Waals surface area contributed by atoms with Crippen LogP contribution < -0.4 is 0 Å². The number of aromatic nitrogens is 2. The standard InChI is InChI=1S/C11H7Cl2F3N2O2/c12-5-1-7-8(2-6(5)13)18(4-10(19)20)9(17-7)3-11(14,15)16/h1-2H,3-4H2,(H,19,20). The number of carboxylic acids is 1. The lowest BCUT2D eigenvalue weighted by atomic mass is 10.3. The first kappa shape index (κ1) is 14.9. The highest BCUT2D eigenvalue weighted by Crippen LogP contribution is 2.30. The first-order valence-corrected chi connectivity index (χ1v) is 6.05. The highest BCUT2D eigenvalue weighted by molar-refractivity contribution is 6.42. The summed E-state index contributed by atoms with van der Waals surface area (Å²) in [7, 11) is 0. The highest BCUT2D eigenvalue weighted by Gasteiger charge is 2.31. The molecule has 0 atom stereocenters. The van der Waals surface area contributed by atoms with E-state index in [0.717, 1.165) is 4.57 Å². The van der Waals surface area contributed by atoms with E-state index in [-0.39, 0.29) is 21.1 Å². The molecule has 0 amide bonds. The summed E-state index contributed by atoms with van der Waals surface area (Å²) in [5.41, 5.74) is 0.362. The predicted octanol–water partition coefficient (Wildman–Crippen LogP) is 3.53. The van der Waals surface area contributed by atoms with Crippen LogP contribution in [0.3, 0.4) is 0 Å². The molecule has 0 unspecified atom stereocenters. The van der Waals surface area contributed by atoms with E-state index in [4.69, 9.17) is 28.3 Å². The number of hydrogen-bond donors (Lipinski definition) is 1. The average molecular weight is 327 g/mol. The van der Waals surface area contributed by atoms with E-state index in [1.165, 1.54) is 12.1 Å². The van der Waals surface area contributed by atoms with Crippen LogP contribution >= 0.6 is 23.2 Å². The number of benzene rings is 1. The fourth-order valence-corrected chi connectivity index (χ4v) is 2.11.